The molecule has 0 saturated carbocycles. The minimum absolute atomic E-state index is 0.506. The fourth-order valence-corrected chi connectivity index (χ4v) is 1.26. The van der Waals surface area contributed by atoms with Crippen molar-refractivity contribution in [3.8, 4) is 0 Å². The predicted octanol–water partition coefficient (Wildman–Crippen LogP) is 2.37. The van der Waals surface area contributed by atoms with Crippen LogP contribution in [0.5, 0.6) is 0 Å². The lowest BCUT2D eigenvalue weighted by Crippen LogP contribution is -2.10. The third-order valence-electron chi connectivity index (χ3n) is 1.79. The van der Waals surface area contributed by atoms with Gasteiger partial charge >= 0.3 is 11.7 Å². The molecule has 0 N–H and O–H groups in total. The van der Waals surface area contributed by atoms with E-state index in [4.69, 9.17) is 11.6 Å². The van der Waals surface area contributed by atoms with Gasteiger partial charge in [0.25, 0.3) is 6.43 Å². The van der Waals surface area contributed by atoms with Gasteiger partial charge in [-0.15, -0.1) is 0 Å². The van der Waals surface area contributed by atoms with Gasteiger partial charge < -0.3 is 4.74 Å². The molecule has 1 heterocycles. The van der Waals surface area contributed by atoms with Crippen LogP contribution in [0.25, 0.3) is 0 Å². The van der Waals surface area contributed by atoms with Crippen LogP contribution in [0.4, 0.5) is 14.5 Å². The second-order valence-corrected chi connectivity index (χ2v) is 3.14. The summed E-state index contributed by atoms with van der Waals surface area (Å²) in [6.45, 7) is 0. The van der Waals surface area contributed by atoms with E-state index in [1.54, 1.807) is 0 Å². The lowest BCUT2D eigenvalue weighted by molar-refractivity contribution is -0.385. The van der Waals surface area contributed by atoms with Crippen molar-refractivity contribution in [3.63, 3.8) is 0 Å². The van der Waals surface area contributed by atoms with Crippen LogP contribution in [0.1, 0.15) is 22.5 Å². The van der Waals surface area contributed by atoms with Gasteiger partial charge in [0.05, 0.1) is 17.6 Å². The van der Waals surface area contributed by atoms with Crippen molar-refractivity contribution >= 4 is 23.3 Å². The van der Waals surface area contributed by atoms with E-state index in [0.29, 0.717) is 6.07 Å². The SMILES string of the molecule is COC(=O)c1nc(Cl)c(C(F)F)cc1[N+](=O)[O-]. The molecule has 0 aliphatic heterocycles. The lowest BCUT2D eigenvalue weighted by Gasteiger charge is -2.05. The van der Waals surface area contributed by atoms with Gasteiger partial charge in [0, 0.05) is 6.07 Å². The molecule has 0 saturated heterocycles. The molecule has 0 aromatic carbocycles. The van der Waals surface area contributed by atoms with E-state index in [0.717, 1.165) is 7.11 Å². The topological polar surface area (TPSA) is 82.3 Å². The maximum atomic E-state index is 12.4. The maximum absolute atomic E-state index is 12.4. The first kappa shape index (κ1) is 13.2. The van der Waals surface area contributed by atoms with Gasteiger partial charge in [0.1, 0.15) is 5.15 Å². The predicted molar refractivity (Wildman–Crippen MR) is 52.2 cm³/mol. The number of hydrogen-bond acceptors (Lipinski definition) is 5. The minimum Gasteiger partial charge on any atom is -0.464 e. The second-order valence-electron chi connectivity index (χ2n) is 2.79. The molecule has 0 fully saturated rings. The van der Waals surface area contributed by atoms with Crippen molar-refractivity contribution in [2.75, 3.05) is 7.11 Å². The van der Waals surface area contributed by atoms with E-state index in [1.807, 2.05) is 0 Å². The summed E-state index contributed by atoms with van der Waals surface area (Å²) in [5, 5.41) is 9.92. The third kappa shape index (κ3) is 2.64. The first-order chi connectivity index (χ1) is 7.88. The Morgan fingerprint density at radius 1 is 1.65 bits per heavy atom. The van der Waals surface area contributed by atoms with E-state index >= 15 is 0 Å². The van der Waals surface area contributed by atoms with Crippen LogP contribution in [-0.4, -0.2) is 23.0 Å². The molecular weight excluding hydrogens is 262 g/mol. The molecule has 0 atom stereocenters. The molecule has 0 aliphatic carbocycles. The number of alkyl halides is 2. The normalized spacial score (nSPS) is 10.4. The van der Waals surface area contributed by atoms with Crippen molar-refractivity contribution in [1.82, 2.24) is 4.98 Å². The Kier molecular flexibility index (Phi) is 3.89. The molecule has 0 spiro atoms. The molecule has 9 heteroatoms. The summed E-state index contributed by atoms with van der Waals surface area (Å²) in [6.07, 6.45) is -3.03. The van der Waals surface area contributed by atoms with Crippen LogP contribution in [0.15, 0.2) is 6.07 Å². The standard InChI is InChI=1S/C8H5ClF2N2O4/c1-17-8(14)5-4(13(15)16)2-3(7(10)11)6(9)12-5/h2,7H,1H3. The zero-order chi connectivity index (χ0) is 13.2. The van der Waals surface area contributed by atoms with E-state index < -0.39 is 39.4 Å². The minimum atomic E-state index is -3.03. The fraction of sp³-hybridized carbons (Fsp3) is 0.250. The van der Waals surface area contributed by atoms with Crippen molar-refractivity contribution in [2.45, 2.75) is 6.43 Å². The average molecular weight is 267 g/mol. The lowest BCUT2D eigenvalue weighted by atomic mass is 10.2. The maximum Gasteiger partial charge on any atom is 0.363 e. The molecule has 1 aromatic rings. The first-order valence-corrected chi connectivity index (χ1v) is 4.47. The van der Waals surface area contributed by atoms with Crippen molar-refractivity contribution in [2.24, 2.45) is 0 Å². The summed E-state index contributed by atoms with van der Waals surface area (Å²) in [7, 11) is 0.975. The van der Waals surface area contributed by atoms with E-state index in [1.165, 1.54) is 0 Å². The molecule has 6 nitrogen and oxygen atoms in total. The number of esters is 1. The Morgan fingerprint density at radius 2 is 2.24 bits per heavy atom. The molecule has 0 bridgehead atoms. The van der Waals surface area contributed by atoms with E-state index in [2.05, 4.69) is 9.72 Å². The molecule has 0 amide bonds. The number of rotatable bonds is 3. The van der Waals surface area contributed by atoms with Gasteiger partial charge in [0.2, 0.25) is 5.69 Å². The number of nitro groups is 1. The third-order valence-corrected chi connectivity index (χ3v) is 2.10. The van der Waals surface area contributed by atoms with Gasteiger partial charge in [-0.2, -0.15) is 0 Å². The van der Waals surface area contributed by atoms with Gasteiger partial charge in [-0.3, -0.25) is 10.1 Å². The molecule has 0 unspecified atom stereocenters. The van der Waals surface area contributed by atoms with Gasteiger partial charge in [-0.05, 0) is 0 Å². The monoisotopic (exact) mass is 266 g/mol. The van der Waals surface area contributed by atoms with E-state index in [-0.39, 0.29) is 0 Å². The van der Waals surface area contributed by atoms with Crippen LogP contribution in [0.3, 0.4) is 0 Å². The number of nitrogens with zero attached hydrogens (tertiary/aromatic N) is 2. The molecule has 1 aromatic heterocycles. The van der Waals surface area contributed by atoms with Crippen LogP contribution < -0.4 is 0 Å². The summed E-state index contributed by atoms with van der Waals surface area (Å²) in [6, 6.07) is 0.506. The Morgan fingerprint density at radius 3 is 2.65 bits per heavy atom. The number of hydrogen-bond donors (Lipinski definition) is 0. The molecule has 0 aliphatic rings. The van der Waals surface area contributed by atoms with Crippen molar-refractivity contribution in [1.29, 1.82) is 0 Å². The van der Waals surface area contributed by atoms with Gasteiger partial charge in [-0.25, -0.2) is 18.6 Å². The molecule has 0 radical (unpaired) electrons. The van der Waals surface area contributed by atoms with E-state index in [9.17, 15) is 23.7 Å². The Labute approximate surface area is 98.3 Å². The summed E-state index contributed by atoms with van der Waals surface area (Å²) in [5.74, 6) is -1.13. The van der Waals surface area contributed by atoms with Crippen LogP contribution in [0.2, 0.25) is 5.15 Å². The summed E-state index contributed by atoms with van der Waals surface area (Å²) in [5.41, 5.74) is -2.41. The zero-order valence-electron chi connectivity index (χ0n) is 8.32. The molecular formula is C8H5ClF2N2O4. The number of pyridine rings is 1. The zero-order valence-corrected chi connectivity index (χ0v) is 9.07. The van der Waals surface area contributed by atoms with Gasteiger partial charge in [-0.1, -0.05) is 11.6 Å². The number of halogens is 3. The van der Waals surface area contributed by atoms with Crippen LogP contribution in [-0.2, 0) is 4.74 Å². The number of carbonyl (C=O) groups excluding carboxylic acids is 1. The molecule has 1 rings (SSSR count). The number of ether oxygens (including phenoxy) is 1. The number of carbonyl (C=O) groups is 1. The largest absolute Gasteiger partial charge is 0.464 e. The highest BCUT2D eigenvalue weighted by molar-refractivity contribution is 6.30. The highest BCUT2D eigenvalue weighted by Crippen LogP contribution is 2.31. The highest BCUT2D eigenvalue weighted by atomic mass is 35.5. The smallest absolute Gasteiger partial charge is 0.363 e. The van der Waals surface area contributed by atoms with Crippen LogP contribution >= 0.6 is 11.6 Å². The summed E-state index contributed by atoms with van der Waals surface area (Å²) < 4.78 is 29.1. The second kappa shape index (κ2) is 5.00. The van der Waals surface area contributed by atoms with Crippen molar-refractivity contribution < 1.29 is 23.2 Å². The quantitative estimate of drug-likeness (QED) is 0.363. The molecule has 92 valence electrons. The van der Waals surface area contributed by atoms with Crippen LogP contribution in [0, 0.1) is 10.1 Å². The van der Waals surface area contributed by atoms with Gasteiger partial charge in [0.15, 0.2) is 0 Å². The Hall–Kier alpha value is -1.83. The average Bonchev–Trinajstić information content (AvgIpc) is 2.26. The summed E-state index contributed by atoms with van der Waals surface area (Å²) >= 11 is 5.38. The highest BCUT2D eigenvalue weighted by Gasteiger charge is 2.28. The fourth-order valence-electron chi connectivity index (χ4n) is 1.03. The number of methoxy groups -OCH3 is 1. The summed E-state index contributed by atoms with van der Waals surface area (Å²) in [4.78, 5) is 24.0. The molecule has 17 heavy (non-hydrogen) atoms. The van der Waals surface area contributed by atoms with Crippen molar-refractivity contribution in [3.05, 3.63) is 32.6 Å². The number of aromatic nitrogens is 1. The first-order valence-electron chi connectivity index (χ1n) is 4.09. The Bertz CT molecular complexity index is 481. The Balaban J connectivity index is 3.46.